The van der Waals surface area contributed by atoms with Crippen molar-refractivity contribution in [1.29, 1.82) is 0 Å². The van der Waals surface area contributed by atoms with Gasteiger partial charge in [-0.25, -0.2) is 0 Å². The number of benzene rings is 1. The van der Waals surface area contributed by atoms with E-state index in [0.717, 1.165) is 18.1 Å². The van der Waals surface area contributed by atoms with Gasteiger partial charge in [-0.05, 0) is 30.7 Å². The highest BCUT2D eigenvalue weighted by Gasteiger charge is 2.01. The molecule has 0 spiro atoms. The van der Waals surface area contributed by atoms with Crippen molar-refractivity contribution in [2.45, 2.75) is 20.4 Å². The highest BCUT2D eigenvalue weighted by molar-refractivity contribution is 6.31. The molecule has 2 heteroatoms. The second-order valence-corrected chi connectivity index (χ2v) is 3.22. The van der Waals surface area contributed by atoms with E-state index in [4.69, 9.17) is 11.6 Å². The maximum atomic E-state index is 6.03. The molecule has 66 valence electrons. The first kappa shape index (κ1) is 9.56. The van der Waals surface area contributed by atoms with E-state index < -0.39 is 0 Å². The Bertz CT molecular complexity index is 238. The number of aryl methyl sites for hydroxylation is 1. The first-order valence-corrected chi connectivity index (χ1v) is 4.58. The molecule has 0 amide bonds. The molecule has 0 saturated carbocycles. The molecule has 1 nitrogen and oxygen atoms in total. The van der Waals surface area contributed by atoms with Gasteiger partial charge >= 0.3 is 0 Å². The van der Waals surface area contributed by atoms with Crippen LogP contribution in [-0.4, -0.2) is 6.54 Å². The van der Waals surface area contributed by atoms with Crippen LogP contribution in [0.2, 0.25) is 5.02 Å². The number of halogens is 1. The summed E-state index contributed by atoms with van der Waals surface area (Å²) in [6.07, 6.45) is 0. The van der Waals surface area contributed by atoms with E-state index in [1.54, 1.807) is 0 Å². The van der Waals surface area contributed by atoms with Crippen LogP contribution in [0.25, 0.3) is 0 Å². The van der Waals surface area contributed by atoms with E-state index in [9.17, 15) is 0 Å². The smallest absolute Gasteiger partial charge is 0.0453 e. The molecule has 1 aromatic rings. The van der Waals surface area contributed by atoms with E-state index in [1.165, 1.54) is 11.1 Å². The lowest BCUT2D eigenvalue weighted by Crippen LogP contribution is -2.12. The monoisotopic (exact) mass is 183 g/mol. The van der Waals surface area contributed by atoms with E-state index >= 15 is 0 Å². The third-order valence-corrected chi connectivity index (χ3v) is 2.26. The van der Waals surface area contributed by atoms with Gasteiger partial charge in [-0.3, -0.25) is 0 Å². The summed E-state index contributed by atoms with van der Waals surface area (Å²) in [4.78, 5) is 0. The molecule has 12 heavy (non-hydrogen) atoms. The summed E-state index contributed by atoms with van der Waals surface area (Å²) in [7, 11) is 0. The van der Waals surface area contributed by atoms with Crippen molar-refractivity contribution in [3.8, 4) is 0 Å². The van der Waals surface area contributed by atoms with E-state index in [-0.39, 0.29) is 0 Å². The van der Waals surface area contributed by atoms with Gasteiger partial charge in [0.1, 0.15) is 0 Å². The first-order chi connectivity index (χ1) is 5.75. The standard InChI is InChI=1S/C10H14ClN/c1-3-12-7-9-8(2)5-4-6-10(9)11/h4-6,12H,3,7H2,1-2H3. The van der Waals surface area contributed by atoms with Crippen LogP contribution in [0, 0.1) is 6.92 Å². The van der Waals surface area contributed by atoms with Crippen LogP contribution in [0.3, 0.4) is 0 Å². The van der Waals surface area contributed by atoms with Crippen LogP contribution in [-0.2, 0) is 6.54 Å². The summed E-state index contributed by atoms with van der Waals surface area (Å²) in [5.41, 5.74) is 2.46. The minimum atomic E-state index is 0.857. The quantitative estimate of drug-likeness (QED) is 0.760. The van der Waals surface area contributed by atoms with Crippen LogP contribution in [0.4, 0.5) is 0 Å². The van der Waals surface area contributed by atoms with Crippen LogP contribution in [0.15, 0.2) is 18.2 Å². The summed E-state index contributed by atoms with van der Waals surface area (Å²) in [6.45, 7) is 6.01. The van der Waals surface area contributed by atoms with Gasteiger partial charge in [-0.2, -0.15) is 0 Å². The molecule has 0 heterocycles. The summed E-state index contributed by atoms with van der Waals surface area (Å²) >= 11 is 6.03. The van der Waals surface area contributed by atoms with E-state index in [2.05, 4.69) is 25.2 Å². The maximum absolute atomic E-state index is 6.03. The lowest BCUT2D eigenvalue weighted by molar-refractivity contribution is 0.724. The molecular weight excluding hydrogens is 170 g/mol. The van der Waals surface area contributed by atoms with Crippen LogP contribution in [0.1, 0.15) is 18.1 Å². The Balaban J connectivity index is 2.81. The van der Waals surface area contributed by atoms with Gasteiger partial charge in [0.2, 0.25) is 0 Å². The zero-order valence-electron chi connectivity index (χ0n) is 7.52. The highest BCUT2D eigenvalue weighted by atomic mass is 35.5. The van der Waals surface area contributed by atoms with E-state index in [1.807, 2.05) is 12.1 Å². The maximum Gasteiger partial charge on any atom is 0.0453 e. The molecule has 0 fully saturated rings. The predicted octanol–water partition coefficient (Wildman–Crippen LogP) is 2.76. The topological polar surface area (TPSA) is 12.0 Å². The Hall–Kier alpha value is -0.530. The molecule has 0 aromatic heterocycles. The molecule has 0 radical (unpaired) electrons. The Kier molecular flexibility index (Phi) is 3.57. The van der Waals surface area contributed by atoms with Gasteiger partial charge in [-0.15, -0.1) is 0 Å². The van der Waals surface area contributed by atoms with Gasteiger partial charge in [0.05, 0.1) is 0 Å². The molecule has 0 unspecified atom stereocenters. The zero-order chi connectivity index (χ0) is 8.97. The van der Waals surface area contributed by atoms with Gasteiger partial charge in [0.15, 0.2) is 0 Å². The number of hydrogen-bond donors (Lipinski definition) is 1. The van der Waals surface area contributed by atoms with Crippen molar-refractivity contribution in [1.82, 2.24) is 5.32 Å². The molecule has 0 bridgehead atoms. The molecule has 0 aliphatic carbocycles. The van der Waals surface area contributed by atoms with Crippen molar-refractivity contribution in [2.75, 3.05) is 6.54 Å². The second-order valence-electron chi connectivity index (χ2n) is 2.82. The minimum absolute atomic E-state index is 0.857. The lowest BCUT2D eigenvalue weighted by Gasteiger charge is -2.07. The number of hydrogen-bond acceptors (Lipinski definition) is 1. The average Bonchev–Trinajstić information content (AvgIpc) is 2.04. The average molecular weight is 184 g/mol. The van der Waals surface area contributed by atoms with E-state index in [0.29, 0.717) is 0 Å². The Morgan fingerprint density at radius 1 is 1.42 bits per heavy atom. The van der Waals surface area contributed by atoms with Crippen LogP contribution < -0.4 is 5.32 Å². The number of nitrogens with one attached hydrogen (secondary N) is 1. The van der Waals surface area contributed by atoms with Crippen molar-refractivity contribution in [2.24, 2.45) is 0 Å². The minimum Gasteiger partial charge on any atom is -0.313 e. The van der Waals surface area contributed by atoms with Gasteiger partial charge in [0, 0.05) is 11.6 Å². The normalized spacial score (nSPS) is 10.2. The zero-order valence-corrected chi connectivity index (χ0v) is 8.28. The number of rotatable bonds is 3. The Labute approximate surface area is 78.7 Å². The third kappa shape index (κ3) is 2.23. The third-order valence-electron chi connectivity index (χ3n) is 1.90. The summed E-state index contributed by atoms with van der Waals surface area (Å²) in [5, 5.41) is 4.12. The van der Waals surface area contributed by atoms with Gasteiger partial charge < -0.3 is 5.32 Å². The molecule has 1 N–H and O–H groups in total. The highest BCUT2D eigenvalue weighted by Crippen LogP contribution is 2.18. The molecular formula is C10H14ClN. The molecule has 0 aliphatic heterocycles. The molecule has 0 saturated heterocycles. The first-order valence-electron chi connectivity index (χ1n) is 4.20. The van der Waals surface area contributed by atoms with Crippen LogP contribution in [0.5, 0.6) is 0 Å². The molecule has 0 atom stereocenters. The lowest BCUT2D eigenvalue weighted by atomic mass is 10.1. The fraction of sp³-hybridized carbons (Fsp3) is 0.400. The largest absolute Gasteiger partial charge is 0.313 e. The summed E-state index contributed by atoms with van der Waals surface area (Å²) in [6, 6.07) is 5.99. The Morgan fingerprint density at radius 3 is 2.75 bits per heavy atom. The molecule has 1 rings (SSSR count). The van der Waals surface area contributed by atoms with Crippen molar-refractivity contribution < 1.29 is 0 Å². The fourth-order valence-corrected chi connectivity index (χ4v) is 1.43. The van der Waals surface area contributed by atoms with Crippen molar-refractivity contribution in [3.63, 3.8) is 0 Å². The molecule has 1 aromatic carbocycles. The van der Waals surface area contributed by atoms with Crippen molar-refractivity contribution >= 4 is 11.6 Å². The van der Waals surface area contributed by atoms with Crippen molar-refractivity contribution in [3.05, 3.63) is 34.3 Å². The summed E-state index contributed by atoms with van der Waals surface area (Å²) < 4.78 is 0. The van der Waals surface area contributed by atoms with Gasteiger partial charge in [-0.1, -0.05) is 30.7 Å². The molecule has 0 aliphatic rings. The SMILES string of the molecule is CCNCc1c(C)cccc1Cl. The Morgan fingerprint density at radius 2 is 2.17 bits per heavy atom. The predicted molar refractivity (Wildman–Crippen MR) is 53.6 cm³/mol. The van der Waals surface area contributed by atoms with Gasteiger partial charge in [0.25, 0.3) is 0 Å². The van der Waals surface area contributed by atoms with Crippen LogP contribution >= 0.6 is 11.6 Å². The fourth-order valence-electron chi connectivity index (χ4n) is 1.14. The second kappa shape index (κ2) is 4.48. The summed E-state index contributed by atoms with van der Waals surface area (Å²) in [5.74, 6) is 0.